The van der Waals surface area contributed by atoms with Gasteiger partial charge in [0.2, 0.25) is 0 Å². The van der Waals surface area contributed by atoms with Crippen LogP contribution in [0.1, 0.15) is 54.2 Å². The van der Waals surface area contributed by atoms with Gasteiger partial charge in [0, 0.05) is 0 Å². The second-order valence-electron chi connectivity index (χ2n) is 23.2. The Morgan fingerprint density at radius 1 is 0.172 bits per heavy atom. The van der Waals surface area contributed by atoms with Crippen molar-refractivity contribution in [2.75, 3.05) is 0 Å². The van der Waals surface area contributed by atoms with Gasteiger partial charge >= 0.3 is 0 Å². The van der Waals surface area contributed by atoms with E-state index in [4.69, 9.17) is 0 Å². The van der Waals surface area contributed by atoms with Crippen molar-refractivity contribution in [2.45, 2.75) is 60.8 Å². The zero-order valence-electron chi connectivity index (χ0n) is 51.8. The maximum Gasteiger partial charge on any atom is -0.0103 e. The van der Waals surface area contributed by atoms with Crippen LogP contribution in [-0.2, 0) is 5.41 Å². The first-order chi connectivity index (χ1) is 42.4. The molecule has 13 aromatic rings. The van der Waals surface area contributed by atoms with Crippen molar-refractivity contribution < 1.29 is 0 Å². The van der Waals surface area contributed by atoms with Crippen LogP contribution in [0.5, 0.6) is 0 Å². The fourth-order valence-corrected chi connectivity index (χ4v) is 10.6. The maximum atomic E-state index is 2.28. The second kappa shape index (κ2) is 30.6. The molecule has 0 radical (unpaired) electrons. The van der Waals surface area contributed by atoms with Gasteiger partial charge < -0.3 is 0 Å². The lowest BCUT2D eigenvalue weighted by atomic mass is 9.87. The maximum absolute atomic E-state index is 2.28. The average Bonchev–Trinajstić information content (AvgIpc) is 3.75. The van der Waals surface area contributed by atoms with Gasteiger partial charge in [-0.05, 0) is 175 Å². The van der Waals surface area contributed by atoms with E-state index in [1.807, 2.05) is 0 Å². The summed E-state index contributed by atoms with van der Waals surface area (Å²) in [5.41, 5.74) is 28.7. The first-order valence-corrected chi connectivity index (χ1v) is 30.3. The van der Waals surface area contributed by atoms with E-state index < -0.39 is 0 Å². The molecule has 0 heterocycles. The molecule has 0 saturated carbocycles. The van der Waals surface area contributed by atoms with Crippen LogP contribution in [0.4, 0.5) is 0 Å². The minimum atomic E-state index is 0.285. The first kappa shape index (κ1) is 61.4. The standard InChI is InChI=1S/4C19H16.C11H16/c1-15-12-18(16-8-4-2-5-9-16)14-19(13-15)17-10-6-3-7-11-17;1-15-12-13-18(16-8-4-2-5-9-16)14-19(15)17-10-6-3-7-11-17;1-15-9-5-6-12-17(15)19-14-8-7-13-18(19)16-10-3-2-4-11-16;1-15-8-5-6-13-19(15)18-12-7-11-17(14-18)16-9-3-2-4-10-16;1-9-5-7-10(8-6-9)11(2,3)4/h4*2-14H,1H3;5-8H,1-4H3. The van der Waals surface area contributed by atoms with Crippen molar-refractivity contribution in [3.8, 4) is 89.0 Å². The molecule has 0 N–H and O–H groups in total. The molecule has 0 amide bonds. The van der Waals surface area contributed by atoms with Crippen LogP contribution >= 0.6 is 0 Å². The Balaban J connectivity index is 0.000000131. The lowest BCUT2D eigenvalue weighted by Crippen LogP contribution is -2.10. The molecule has 87 heavy (non-hydrogen) atoms. The summed E-state index contributed by atoms with van der Waals surface area (Å²) in [4.78, 5) is 0. The number of rotatable bonds is 8. The van der Waals surface area contributed by atoms with E-state index in [1.54, 1.807) is 0 Å². The largest absolute Gasteiger partial charge is 0.0622 e. The summed E-state index contributed by atoms with van der Waals surface area (Å²) < 4.78 is 0. The molecule has 0 saturated heterocycles. The van der Waals surface area contributed by atoms with Gasteiger partial charge in [-0.15, -0.1) is 0 Å². The zero-order chi connectivity index (χ0) is 60.8. The van der Waals surface area contributed by atoms with E-state index in [-0.39, 0.29) is 5.41 Å². The second-order valence-corrected chi connectivity index (χ2v) is 23.2. The Bertz CT molecular complexity index is 4120. The highest BCUT2D eigenvalue weighted by Crippen LogP contribution is 2.35. The van der Waals surface area contributed by atoms with Gasteiger partial charge in [0.15, 0.2) is 0 Å². The third-order valence-corrected chi connectivity index (χ3v) is 15.5. The molecule has 0 fully saturated rings. The molecule has 0 aliphatic heterocycles. The zero-order valence-corrected chi connectivity index (χ0v) is 51.8. The molecule has 0 atom stereocenters. The van der Waals surface area contributed by atoms with Crippen molar-refractivity contribution in [3.05, 3.63) is 373 Å². The smallest absolute Gasteiger partial charge is 0.0103 e. The predicted octanol–water partition coefficient (Wildman–Crippen LogP) is 24.6. The molecule has 428 valence electrons. The van der Waals surface area contributed by atoms with Crippen LogP contribution in [0.25, 0.3) is 89.0 Å². The van der Waals surface area contributed by atoms with Crippen LogP contribution in [0.2, 0.25) is 0 Å². The molecule has 13 aromatic carbocycles. The fraction of sp³-hybridized carbons (Fsp3) is 0.103. The van der Waals surface area contributed by atoms with Crippen LogP contribution in [0.3, 0.4) is 0 Å². The number of benzene rings is 13. The molecule has 13 rings (SSSR count). The Morgan fingerprint density at radius 2 is 0.494 bits per heavy atom. The third-order valence-electron chi connectivity index (χ3n) is 15.5. The van der Waals surface area contributed by atoms with Crippen LogP contribution in [0.15, 0.2) is 340 Å². The molecule has 0 aliphatic rings. The van der Waals surface area contributed by atoms with Crippen molar-refractivity contribution in [1.82, 2.24) is 0 Å². The van der Waals surface area contributed by atoms with Gasteiger partial charge in [-0.25, -0.2) is 0 Å². The summed E-state index contributed by atoms with van der Waals surface area (Å²) in [6, 6.07) is 120. The molecule has 0 aliphatic carbocycles. The minimum Gasteiger partial charge on any atom is -0.0622 e. The number of aryl methyl sites for hydroxylation is 5. The summed E-state index contributed by atoms with van der Waals surface area (Å²) in [5.74, 6) is 0. The highest BCUT2D eigenvalue weighted by Gasteiger charge is 2.13. The van der Waals surface area contributed by atoms with E-state index in [1.165, 1.54) is 122 Å². The Morgan fingerprint density at radius 3 is 0.943 bits per heavy atom. The Hall–Kier alpha value is -10.1. The normalized spacial score (nSPS) is 10.5. The quantitative estimate of drug-likeness (QED) is 0.142. The van der Waals surface area contributed by atoms with E-state index in [2.05, 4.69) is 395 Å². The molecule has 0 aromatic heterocycles. The van der Waals surface area contributed by atoms with Gasteiger partial charge in [0.05, 0.1) is 0 Å². The molecule has 0 unspecified atom stereocenters. The summed E-state index contributed by atoms with van der Waals surface area (Å²) in [6.45, 7) is 17.5. The number of hydrogen-bond donors (Lipinski definition) is 0. The monoisotopic (exact) mass is 1120 g/mol. The summed E-state index contributed by atoms with van der Waals surface area (Å²) in [6.07, 6.45) is 0. The Labute approximate surface area is 519 Å². The van der Waals surface area contributed by atoms with Gasteiger partial charge in [0.1, 0.15) is 0 Å². The first-order valence-electron chi connectivity index (χ1n) is 30.3. The summed E-state index contributed by atoms with van der Waals surface area (Å²) >= 11 is 0. The van der Waals surface area contributed by atoms with Crippen molar-refractivity contribution in [1.29, 1.82) is 0 Å². The highest BCUT2D eigenvalue weighted by molar-refractivity contribution is 5.85. The van der Waals surface area contributed by atoms with E-state index in [9.17, 15) is 0 Å². The van der Waals surface area contributed by atoms with Gasteiger partial charge in [0.25, 0.3) is 0 Å². The lowest BCUT2D eigenvalue weighted by Gasteiger charge is -2.18. The molecule has 0 spiro atoms. The molecule has 0 heteroatoms. The minimum absolute atomic E-state index is 0.285. The third kappa shape index (κ3) is 17.5. The van der Waals surface area contributed by atoms with Gasteiger partial charge in [-0.3, -0.25) is 0 Å². The molecule has 0 nitrogen and oxygen atoms in total. The molecule has 0 bridgehead atoms. The SMILES string of the molecule is Cc1cc(-c2ccccc2)cc(-c2ccccc2)c1.Cc1ccc(-c2ccccc2)cc1-c1ccccc1.Cc1ccc(C(C)(C)C)cc1.Cc1ccccc1-c1cccc(-c2ccccc2)c1.Cc1ccccc1-c1ccccc1-c1ccccc1. The highest BCUT2D eigenvalue weighted by atomic mass is 14.2. The van der Waals surface area contributed by atoms with Crippen molar-refractivity contribution >= 4 is 0 Å². The van der Waals surface area contributed by atoms with E-state index in [0.29, 0.717) is 0 Å². The van der Waals surface area contributed by atoms with Crippen LogP contribution in [0, 0.1) is 34.6 Å². The molecular formula is C87H80. The topological polar surface area (TPSA) is 0 Å². The van der Waals surface area contributed by atoms with Gasteiger partial charge in [-0.1, -0.05) is 348 Å². The van der Waals surface area contributed by atoms with E-state index >= 15 is 0 Å². The molecular weight excluding hydrogens is 1040 g/mol. The van der Waals surface area contributed by atoms with Crippen LogP contribution < -0.4 is 0 Å². The van der Waals surface area contributed by atoms with Crippen molar-refractivity contribution in [3.63, 3.8) is 0 Å². The summed E-state index contributed by atoms with van der Waals surface area (Å²) in [7, 11) is 0. The van der Waals surface area contributed by atoms with E-state index in [0.717, 1.165) is 0 Å². The van der Waals surface area contributed by atoms with Crippen molar-refractivity contribution in [2.24, 2.45) is 0 Å². The predicted molar refractivity (Wildman–Crippen MR) is 378 cm³/mol. The lowest BCUT2D eigenvalue weighted by molar-refractivity contribution is 0.590. The fourth-order valence-electron chi connectivity index (χ4n) is 10.6. The van der Waals surface area contributed by atoms with Gasteiger partial charge in [-0.2, -0.15) is 0 Å². The average molecular weight is 1130 g/mol. The Kier molecular flexibility index (Phi) is 21.6. The summed E-state index contributed by atoms with van der Waals surface area (Å²) in [5, 5.41) is 0. The number of hydrogen-bond acceptors (Lipinski definition) is 0. The van der Waals surface area contributed by atoms with Crippen LogP contribution in [-0.4, -0.2) is 0 Å².